The molecule has 4 fully saturated rings. The molecule has 1 aliphatic heterocycles. The van der Waals surface area contributed by atoms with Crippen LogP contribution in [0.5, 0.6) is 0 Å². The first kappa shape index (κ1) is 36.3. The van der Waals surface area contributed by atoms with Gasteiger partial charge in [-0.1, -0.05) is 126 Å². The van der Waals surface area contributed by atoms with Crippen molar-refractivity contribution in [1.29, 1.82) is 0 Å². The Labute approximate surface area is 356 Å². The van der Waals surface area contributed by atoms with E-state index >= 15 is 0 Å². The van der Waals surface area contributed by atoms with Crippen LogP contribution < -0.4 is 4.90 Å². The third-order valence-electron chi connectivity index (χ3n) is 16.8. The topological polar surface area (TPSA) is 3.24 Å². The molecule has 0 saturated heterocycles. The molecule has 0 radical (unpaired) electrons. The van der Waals surface area contributed by atoms with Gasteiger partial charge in [0.25, 0.3) is 0 Å². The average Bonchev–Trinajstić information content (AvgIpc) is 3.46. The van der Waals surface area contributed by atoms with Crippen LogP contribution in [0.4, 0.5) is 17.1 Å². The van der Waals surface area contributed by atoms with E-state index in [9.17, 15) is 0 Å². The highest BCUT2D eigenvalue weighted by Crippen LogP contribution is 2.69. The van der Waals surface area contributed by atoms with Crippen molar-refractivity contribution in [1.82, 2.24) is 0 Å². The fourth-order valence-corrected chi connectivity index (χ4v) is 15.1. The van der Waals surface area contributed by atoms with Crippen molar-refractivity contribution in [3.63, 3.8) is 0 Å². The lowest BCUT2D eigenvalue weighted by Crippen LogP contribution is -2.57. The van der Waals surface area contributed by atoms with Crippen molar-refractivity contribution in [2.24, 2.45) is 23.7 Å². The van der Waals surface area contributed by atoms with Crippen molar-refractivity contribution < 1.29 is 0 Å². The van der Waals surface area contributed by atoms with Crippen LogP contribution in [-0.2, 0) is 21.7 Å². The largest absolute Gasteiger partial charge is 0.310 e. The van der Waals surface area contributed by atoms with Crippen LogP contribution in [0.3, 0.4) is 0 Å². The number of hydrogen-bond acceptors (Lipinski definition) is 2. The Morgan fingerprint density at radius 1 is 0.441 bits per heavy atom. The van der Waals surface area contributed by atoms with E-state index in [1.54, 1.807) is 11.1 Å². The normalized spacial score (nSPS) is 26.7. The molecule has 13 rings (SSSR count). The summed E-state index contributed by atoms with van der Waals surface area (Å²) in [6.45, 7) is 14.5. The summed E-state index contributed by atoms with van der Waals surface area (Å²) in [7, 11) is 0. The van der Waals surface area contributed by atoms with Crippen LogP contribution in [0.15, 0.2) is 137 Å². The van der Waals surface area contributed by atoms with Crippen molar-refractivity contribution in [3.8, 4) is 22.3 Å². The molecule has 7 aliphatic rings. The number of benzene rings is 6. The molecule has 2 heteroatoms. The van der Waals surface area contributed by atoms with Crippen molar-refractivity contribution in [2.75, 3.05) is 4.90 Å². The quantitative estimate of drug-likeness (QED) is 0.175. The lowest BCUT2D eigenvalue weighted by molar-refractivity contribution is -0.0443. The summed E-state index contributed by atoms with van der Waals surface area (Å²) in [4.78, 5) is 5.52. The highest BCUT2D eigenvalue weighted by Gasteiger charge is 2.60. The van der Waals surface area contributed by atoms with Crippen LogP contribution in [0.25, 0.3) is 22.3 Å². The van der Waals surface area contributed by atoms with Gasteiger partial charge in [-0.05, 0) is 190 Å². The van der Waals surface area contributed by atoms with Gasteiger partial charge in [0.1, 0.15) is 0 Å². The summed E-state index contributed by atoms with van der Waals surface area (Å²) in [5.74, 6) is 3.38. The summed E-state index contributed by atoms with van der Waals surface area (Å²) in [5.41, 5.74) is 18.5. The van der Waals surface area contributed by atoms with Gasteiger partial charge in [0.2, 0.25) is 0 Å². The zero-order valence-corrected chi connectivity index (χ0v) is 36.6. The first-order chi connectivity index (χ1) is 28.4. The van der Waals surface area contributed by atoms with E-state index < -0.39 is 0 Å². The molecule has 0 unspecified atom stereocenters. The highest BCUT2D eigenvalue weighted by molar-refractivity contribution is 7.99. The summed E-state index contributed by atoms with van der Waals surface area (Å²) < 4.78 is 0. The van der Waals surface area contributed by atoms with Crippen molar-refractivity contribution in [3.05, 3.63) is 161 Å². The Morgan fingerprint density at radius 3 is 1.73 bits per heavy atom. The average molecular weight is 788 g/mol. The van der Waals surface area contributed by atoms with Crippen molar-refractivity contribution >= 4 is 28.8 Å². The van der Waals surface area contributed by atoms with Gasteiger partial charge in [0.15, 0.2) is 0 Å². The molecule has 0 N–H and O–H groups in total. The number of nitrogens with zero attached hydrogens (tertiary/aromatic N) is 1. The summed E-state index contributed by atoms with van der Waals surface area (Å²) >= 11 is 2.01. The minimum absolute atomic E-state index is 0.0702. The fourth-order valence-electron chi connectivity index (χ4n) is 13.9. The number of fused-ring (bicyclic) bond motifs is 6. The van der Waals surface area contributed by atoms with Crippen LogP contribution >= 0.6 is 11.8 Å². The molecule has 1 spiro atoms. The molecule has 6 aromatic rings. The van der Waals surface area contributed by atoms with E-state index in [1.165, 1.54) is 116 Å². The van der Waals surface area contributed by atoms with Gasteiger partial charge >= 0.3 is 0 Å². The highest BCUT2D eigenvalue weighted by atomic mass is 32.2. The molecule has 1 nitrogen and oxygen atoms in total. The first-order valence-electron chi connectivity index (χ1n) is 22.6. The molecule has 296 valence electrons. The monoisotopic (exact) mass is 787 g/mol. The molecule has 1 heterocycles. The molecule has 4 bridgehead atoms. The smallest absolute Gasteiger partial charge is 0.0465 e. The maximum atomic E-state index is 2.64. The predicted octanol–water partition coefficient (Wildman–Crippen LogP) is 15.7. The molecule has 4 saturated carbocycles. The number of anilines is 3. The van der Waals surface area contributed by atoms with E-state index in [0.29, 0.717) is 0 Å². The SMILES string of the molecule is CC1(C)CCC(C)(C)c2cc(N(c3ccc(-c4ccc5c(c4)C4(c6ccccc6S5)C5CC6CC(C5)CC4C6)cc3)c3ccc4c(c3)C(C)(C)c3ccccc3-4)ccc21. The molecule has 59 heavy (non-hydrogen) atoms. The zero-order chi connectivity index (χ0) is 40.1. The summed E-state index contributed by atoms with van der Waals surface area (Å²) in [5, 5.41) is 0. The first-order valence-corrected chi connectivity index (χ1v) is 23.5. The second-order valence-electron chi connectivity index (χ2n) is 21.3. The van der Waals surface area contributed by atoms with Gasteiger partial charge in [-0.2, -0.15) is 0 Å². The molecular formula is C57H57NS. The summed E-state index contributed by atoms with van der Waals surface area (Å²) in [6.07, 6.45) is 9.52. The van der Waals surface area contributed by atoms with E-state index in [4.69, 9.17) is 0 Å². The Kier molecular flexibility index (Phi) is 7.70. The van der Waals surface area contributed by atoms with Crippen LogP contribution in [-0.4, -0.2) is 0 Å². The Balaban J connectivity index is 0.976. The van der Waals surface area contributed by atoms with Crippen LogP contribution in [0.2, 0.25) is 0 Å². The molecule has 0 amide bonds. The Morgan fingerprint density at radius 2 is 1.00 bits per heavy atom. The van der Waals surface area contributed by atoms with Gasteiger partial charge in [0, 0.05) is 37.7 Å². The van der Waals surface area contributed by atoms with E-state index in [-0.39, 0.29) is 21.7 Å². The minimum Gasteiger partial charge on any atom is -0.310 e. The molecule has 0 atom stereocenters. The van der Waals surface area contributed by atoms with Gasteiger partial charge in [-0.3, -0.25) is 0 Å². The Hall–Kier alpha value is -4.53. The second kappa shape index (κ2) is 12.5. The molecule has 0 aromatic heterocycles. The minimum atomic E-state index is -0.0702. The Bertz CT molecular complexity index is 2660. The number of hydrogen-bond donors (Lipinski definition) is 0. The molecule has 6 aliphatic carbocycles. The molecule has 6 aromatic carbocycles. The van der Waals surface area contributed by atoms with Gasteiger partial charge in [-0.25, -0.2) is 0 Å². The zero-order valence-electron chi connectivity index (χ0n) is 35.7. The lowest BCUT2D eigenvalue weighted by Gasteiger charge is -2.63. The van der Waals surface area contributed by atoms with Crippen molar-refractivity contribution in [2.45, 2.75) is 118 Å². The number of rotatable bonds is 4. The fraction of sp³-hybridized carbons (Fsp3) is 0.368. The lowest BCUT2D eigenvalue weighted by atomic mass is 9.42. The van der Waals surface area contributed by atoms with Gasteiger partial charge < -0.3 is 4.90 Å². The summed E-state index contributed by atoms with van der Waals surface area (Å²) in [6, 6.07) is 50.2. The molecular weight excluding hydrogens is 731 g/mol. The third kappa shape index (κ3) is 5.17. The van der Waals surface area contributed by atoms with Crippen LogP contribution in [0, 0.1) is 23.7 Å². The van der Waals surface area contributed by atoms with E-state index in [0.717, 1.165) is 23.7 Å². The van der Waals surface area contributed by atoms with Gasteiger partial charge in [-0.15, -0.1) is 0 Å². The standard InChI is InChI=1S/C57H57NS/c1-54(2)25-26-55(3,4)50-34-43(21-23-47(50)54)58(42-20-22-45-44-11-7-8-12-46(44)56(5,6)49(45)33-42)41-18-15-37(16-19-41)38-17-24-53-51(32-38)57(48-13-9-10-14-52(48)59-53)39-28-35-27-36(30-39)31-40(57)29-35/h7-24,32-36,39-40H,25-31H2,1-6H3. The third-order valence-corrected chi connectivity index (χ3v) is 17.9. The van der Waals surface area contributed by atoms with Gasteiger partial charge in [0.05, 0.1) is 0 Å². The van der Waals surface area contributed by atoms with E-state index in [1.807, 2.05) is 11.8 Å². The maximum Gasteiger partial charge on any atom is 0.0465 e. The maximum absolute atomic E-state index is 2.64. The second-order valence-corrected chi connectivity index (χ2v) is 22.3. The van der Waals surface area contributed by atoms with E-state index in [2.05, 4.69) is 174 Å². The predicted molar refractivity (Wildman–Crippen MR) is 248 cm³/mol. The van der Waals surface area contributed by atoms with Crippen LogP contribution in [0.1, 0.15) is 120 Å².